The Balaban J connectivity index is 2.48. The summed E-state index contributed by atoms with van der Waals surface area (Å²) in [6, 6.07) is 15.6. The molecule has 19 heavy (non-hydrogen) atoms. The average molecular weight is 315 g/mol. The molecule has 0 fully saturated rings. The van der Waals surface area contributed by atoms with Crippen LogP contribution in [-0.4, -0.2) is 9.55 Å². The zero-order chi connectivity index (χ0) is 13.4. The van der Waals surface area contributed by atoms with Crippen molar-refractivity contribution in [3.05, 3.63) is 63.5 Å². The SMILES string of the molecule is Cn1c(-c2ccccc2)c2cc(Br)ccc2nc1=O. The first-order chi connectivity index (χ1) is 9.16. The smallest absolute Gasteiger partial charge is 0.294 e. The molecule has 0 aliphatic carbocycles. The summed E-state index contributed by atoms with van der Waals surface area (Å²) in [7, 11) is 1.75. The minimum atomic E-state index is -0.242. The molecule has 1 aromatic heterocycles. The van der Waals surface area contributed by atoms with Crippen molar-refractivity contribution < 1.29 is 0 Å². The van der Waals surface area contributed by atoms with Gasteiger partial charge in [-0.3, -0.25) is 4.57 Å². The van der Waals surface area contributed by atoms with E-state index in [4.69, 9.17) is 0 Å². The van der Waals surface area contributed by atoms with Gasteiger partial charge in [-0.05, 0) is 23.8 Å². The molecule has 4 heteroatoms. The highest BCUT2D eigenvalue weighted by Crippen LogP contribution is 2.27. The second-order valence-corrected chi connectivity index (χ2v) is 5.25. The number of nitrogens with zero attached hydrogens (tertiary/aromatic N) is 2. The van der Waals surface area contributed by atoms with Crippen LogP contribution in [0.25, 0.3) is 22.2 Å². The van der Waals surface area contributed by atoms with Crippen LogP contribution >= 0.6 is 15.9 Å². The van der Waals surface area contributed by atoms with E-state index in [1.165, 1.54) is 0 Å². The van der Waals surface area contributed by atoms with E-state index in [9.17, 15) is 4.79 Å². The van der Waals surface area contributed by atoms with Crippen LogP contribution in [0.4, 0.5) is 0 Å². The van der Waals surface area contributed by atoms with Gasteiger partial charge >= 0.3 is 5.69 Å². The van der Waals surface area contributed by atoms with E-state index in [1.807, 2.05) is 48.5 Å². The molecule has 0 bridgehead atoms. The summed E-state index contributed by atoms with van der Waals surface area (Å²) in [4.78, 5) is 16.0. The summed E-state index contributed by atoms with van der Waals surface area (Å²) in [5, 5.41) is 0.961. The van der Waals surface area contributed by atoms with Crippen LogP contribution in [0.5, 0.6) is 0 Å². The Bertz CT molecular complexity index is 809. The lowest BCUT2D eigenvalue weighted by molar-refractivity contribution is 0.836. The van der Waals surface area contributed by atoms with E-state index in [0.717, 1.165) is 21.1 Å². The van der Waals surface area contributed by atoms with Crippen LogP contribution in [0.15, 0.2) is 57.8 Å². The Labute approximate surface area is 118 Å². The lowest BCUT2D eigenvalue weighted by Gasteiger charge is -2.11. The predicted octanol–water partition coefficient (Wildman–Crippen LogP) is 3.36. The monoisotopic (exact) mass is 314 g/mol. The molecule has 3 nitrogen and oxygen atoms in total. The molecule has 0 aliphatic heterocycles. The molecule has 0 N–H and O–H groups in total. The molecule has 0 radical (unpaired) electrons. The van der Waals surface area contributed by atoms with Crippen molar-refractivity contribution in [2.45, 2.75) is 0 Å². The minimum Gasteiger partial charge on any atom is -0.294 e. The summed E-state index contributed by atoms with van der Waals surface area (Å²) in [5.41, 5.74) is 2.36. The van der Waals surface area contributed by atoms with Gasteiger partial charge in [-0.15, -0.1) is 0 Å². The number of fused-ring (bicyclic) bond motifs is 1. The molecule has 0 atom stereocenters. The molecule has 3 rings (SSSR count). The Kier molecular flexibility index (Phi) is 2.95. The lowest BCUT2D eigenvalue weighted by Crippen LogP contribution is -2.21. The van der Waals surface area contributed by atoms with Gasteiger partial charge in [0.05, 0.1) is 11.2 Å². The first-order valence-corrected chi connectivity index (χ1v) is 6.68. The number of hydrogen-bond donors (Lipinski definition) is 0. The van der Waals surface area contributed by atoms with Gasteiger partial charge in [-0.1, -0.05) is 46.3 Å². The molecular formula is C15H11BrN2O. The van der Waals surface area contributed by atoms with E-state index >= 15 is 0 Å². The van der Waals surface area contributed by atoms with Gasteiger partial charge in [-0.2, -0.15) is 4.98 Å². The minimum absolute atomic E-state index is 0.242. The van der Waals surface area contributed by atoms with Crippen molar-refractivity contribution in [2.75, 3.05) is 0 Å². The van der Waals surface area contributed by atoms with Crippen molar-refractivity contribution >= 4 is 26.8 Å². The van der Waals surface area contributed by atoms with Gasteiger partial charge in [0.15, 0.2) is 0 Å². The number of halogens is 1. The lowest BCUT2D eigenvalue weighted by atomic mass is 10.1. The second kappa shape index (κ2) is 4.63. The molecule has 0 amide bonds. The fraction of sp³-hybridized carbons (Fsp3) is 0.0667. The predicted molar refractivity (Wildman–Crippen MR) is 80.1 cm³/mol. The maximum absolute atomic E-state index is 12.0. The van der Waals surface area contributed by atoms with E-state index in [-0.39, 0.29) is 5.69 Å². The number of benzene rings is 2. The maximum Gasteiger partial charge on any atom is 0.348 e. The fourth-order valence-electron chi connectivity index (χ4n) is 2.19. The summed E-state index contributed by atoms with van der Waals surface area (Å²) in [5.74, 6) is 0. The highest BCUT2D eigenvalue weighted by molar-refractivity contribution is 9.10. The van der Waals surface area contributed by atoms with Gasteiger partial charge in [0, 0.05) is 16.9 Å². The van der Waals surface area contributed by atoms with Gasteiger partial charge in [0.1, 0.15) is 0 Å². The second-order valence-electron chi connectivity index (χ2n) is 4.33. The zero-order valence-electron chi connectivity index (χ0n) is 10.3. The van der Waals surface area contributed by atoms with Crippen molar-refractivity contribution in [1.82, 2.24) is 9.55 Å². The van der Waals surface area contributed by atoms with Crippen LogP contribution in [0.1, 0.15) is 0 Å². The quantitative estimate of drug-likeness (QED) is 0.690. The largest absolute Gasteiger partial charge is 0.348 e. The topological polar surface area (TPSA) is 34.9 Å². The molecular weight excluding hydrogens is 304 g/mol. The highest BCUT2D eigenvalue weighted by Gasteiger charge is 2.10. The standard InChI is InChI=1S/C15H11BrN2O/c1-18-14(10-5-3-2-4-6-10)12-9-11(16)7-8-13(12)17-15(18)19/h2-9H,1H3. The fourth-order valence-corrected chi connectivity index (χ4v) is 2.56. The van der Waals surface area contributed by atoms with E-state index in [0.29, 0.717) is 5.52 Å². The number of rotatable bonds is 1. The van der Waals surface area contributed by atoms with Crippen molar-refractivity contribution in [3.63, 3.8) is 0 Å². The first kappa shape index (κ1) is 12.1. The van der Waals surface area contributed by atoms with Crippen LogP contribution in [0, 0.1) is 0 Å². The van der Waals surface area contributed by atoms with E-state index in [1.54, 1.807) is 11.6 Å². The van der Waals surface area contributed by atoms with Gasteiger partial charge in [0.25, 0.3) is 0 Å². The third-order valence-electron chi connectivity index (χ3n) is 3.10. The highest BCUT2D eigenvalue weighted by atomic mass is 79.9. The number of aromatic nitrogens is 2. The van der Waals surface area contributed by atoms with Gasteiger partial charge in [0.2, 0.25) is 0 Å². The van der Waals surface area contributed by atoms with Crippen LogP contribution in [0.2, 0.25) is 0 Å². The average Bonchev–Trinajstić information content (AvgIpc) is 2.42. The summed E-state index contributed by atoms with van der Waals surface area (Å²) in [6.45, 7) is 0. The zero-order valence-corrected chi connectivity index (χ0v) is 11.9. The van der Waals surface area contributed by atoms with E-state index in [2.05, 4.69) is 20.9 Å². The van der Waals surface area contributed by atoms with Crippen LogP contribution in [-0.2, 0) is 7.05 Å². The summed E-state index contributed by atoms with van der Waals surface area (Å²) in [6.07, 6.45) is 0. The van der Waals surface area contributed by atoms with Crippen LogP contribution in [0.3, 0.4) is 0 Å². The molecule has 0 aliphatic rings. The number of hydrogen-bond acceptors (Lipinski definition) is 2. The molecule has 0 spiro atoms. The normalized spacial score (nSPS) is 10.8. The Hall–Kier alpha value is -1.94. The Morgan fingerprint density at radius 1 is 1.11 bits per heavy atom. The maximum atomic E-state index is 12.0. The molecule has 3 aromatic rings. The molecule has 0 saturated heterocycles. The molecule has 0 unspecified atom stereocenters. The third kappa shape index (κ3) is 2.08. The van der Waals surface area contributed by atoms with Crippen LogP contribution < -0.4 is 5.69 Å². The Morgan fingerprint density at radius 3 is 2.58 bits per heavy atom. The molecule has 0 saturated carbocycles. The van der Waals surface area contributed by atoms with E-state index < -0.39 is 0 Å². The molecule has 94 valence electrons. The Morgan fingerprint density at radius 2 is 1.84 bits per heavy atom. The first-order valence-electron chi connectivity index (χ1n) is 5.88. The summed E-state index contributed by atoms with van der Waals surface area (Å²) >= 11 is 3.47. The molecule has 2 aromatic carbocycles. The summed E-state index contributed by atoms with van der Waals surface area (Å²) < 4.78 is 2.56. The van der Waals surface area contributed by atoms with Crippen molar-refractivity contribution in [2.24, 2.45) is 7.05 Å². The van der Waals surface area contributed by atoms with Gasteiger partial charge in [-0.25, -0.2) is 4.79 Å². The van der Waals surface area contributed by atoms with Crippen molar-refractivity contribution in [3.8, 4) is 11.3 Å². The molecule has 1 heterocycles. The van der Waals surface area contributed by atoms with Crippen molar-refractivity contribution in [1.29, 1.82) is 0 Å². The third-order valence-corrected chi connectivity index (χ3v) is 3.59. The van der Waals surface area contributed by atoms with Gasteiger partial charge < -0.3 is 0 Å².